The first-order valence-electron chi connectivity index (χ1n) is 11.2. The van der Waals surface area contributed by atoms with Crippen molar-refractivity contribution in [1.82, 2.24) is 14.1 Å². The summed E-state index contributed by atoms with van der Waals surface area (Å²) in [6.07, 6.45) is 0. The van der Waals surface area contributed by atoms with Gasteiger partial charge in [-0.05, 0) is 62.0 Å². The highest BCUT2D eigenvalue weighted by Crippen LogP contribution is 2.24. The van der Waals surface area contributed by atoms with Crippen LogP contribution in [0.3, 0.4) is 0 Å². The fraction of sp³-hybridized carbons (Fsp3) is 0.417. The van der Waals surface area contributed by atoms with E-state index in [9.17, 15) is 18.0 Å². The summed E-state index contributed by atoms with van der Waals surface area (Å²) >= 11 is 0. The molecule has 1 saturated heterocycles. The lowest BCUT2D eigenvalue weighted by Crippen LogP contribution is -2.47. The third-order valence-corrected chi connectivity index (χ3v) is 7.80. The van der Waals surface area contributed by atoms with Gasteiger partial charge in [0.25, 0.3) is 5.91 Å². The van der Waals surface area contributed by atoms with Crippen LogP contribution in [0.5, 0.6) is 5.75 Å². The Labute approximate surface area is 201 Å². The van der Waals surface area contributed by atoms with Crippen LogP contribution in [-0.2, 0) is 14.8 Å². The van der Waals surface area contributed by atoms with Crippen LogP contribution in [0.4, 0.5) is 5.69 Å². The molecule has 0 aliphatic carbocycles. The van der Waals surface area contributed by atoms with Gasteiger partial charge in [-0.15, -0.1) is 0 Å². The number of methoxy groups -OCH3 is 1. The molecule has 34 heavy (non-hydrogen) atoms. The SMILES string of the molecule is CCN(CC(=O)Nc1ccc(C(=O)N2CCN(C)CC2)cc1)S(=O)(=O)c1ccc(OC)c(C)c1. The van der Waals surface area contributed by atoms with Crippen molar-refractivity contribution in [2.24, 2.45) is 0 Å². The van der Waals surface area contributed by atoms with E-state index in [0.717, 1.165) is 17.4 Å². The molecule has 3 rings (SSSR count). The van der Waals surface area contributed by atoms with E-state index in [1.165, 1.54) is 19.2 Å². The quantitative estimate of drug-likeness (QED) is 0.611. The Balaban J connectivity index is 1.63. The smallest absolute Gasteiger partial charge is 0.253 e. The van der Waals surface area contributed by atoms with Gasteiger partial charge in [-0.2, -0.15) is 4.31 Å². The minimum absolute atomic E-state index is 0.0380. The number of amides is 2. The summed E-state index contributed by atoms with van der Waals surface area (Å²) in [5, 5.41) is 2.71. The lowest BCUT2D eigenvalue weighted by molar-refractivity contribution is -0.116. The van der Waals surface area contributed by atoms with Crippen molar-refractivity contribution in [2.45, 2.75) is 18.7 Å². The number of nitrogens with zero attached hydrogens (tertiary/aromatic N) is 3. The van der Waals surface area contributed by atoms with E-state index in [4.69, 9.17) is 4.74 Å². The number of benzene rings is 2. The first-order valence-corrected chi connectivity index (χ1v) is 12.6. The molecule has 1 heterocycles. The maximum atomic E-state index is 13.1. The van der Waals surface area contributed by atoms with Gasteiger partial charge in [-0.3, -0.25) is 9.59 Å². The highest BCUT2D eigenvalue weighted by Gasteiger charge is 2.26. The van der Waals surface area contributed by atoms with Crippen molar-refractivity contribution in [3.05, 3.63) is 53.6 Å². The molecule has 0 radical (unpaired) electrons. The predicted molar refractivity (Wildman–Crippen MR) is 131 cm³/mol. The van der Waals surface area contributed by atoms with Crippen LogP contribution in [0.15, 0.2) is 47.4 Å². The van der Waals surface area contributed by atoms with Crippen LogP contribution in [0.2, 0.25) is 0 Å². The number of carbonyl (C=O) groups is 2. The number of sulfonamides is 1. The molecule has 1 fully saturated rings. The molecule has 0 bridgehead atoms. The van der Waals surface area contributed by atoms with E-state index in [2.05, 4.69) is 10.2 Å². The second kappa shape index (κ2) is 11.0. The monoisotopic (exact) mass is 488 g/mol. The van der Waals surface area contributed by atoms with Crippen molar-refractivity contribution in [3.8, 4) is 5.75 Å². The summed E-state index contributed by atoms with van der Waals surface area (Å²) < 4.78 is 32.4. The van der Waals surface area contributed by atoms with Crippen LogP contribution in [-0.4, -0.2) is 87.8 Å². The minimum Gasteiger partial charge on any atom is -0.496 e. The molecule has 0 aromatic heterocycles. The third kappa shape index (κ3) is 5.94. The van der Waals surface area contributed by atoms with Crippen molar-refractivity contribution < 1.29 is 22.7 Å². The second-order valence-electron chi connectivity index (χ2n) is 8.28. The lowest BCUT2D eigenvalue weighted by Gasteiger charge is -2.32. The number of hydrogen-bond donors (Lipinski definition) is 1. The molecule has 1 aliphatic rings. The molecule has 0 atom stereocenters. The van der Waals surface area contributed by atoms with Crippen LogP contribution in [0.1, 0.15) is 22.8 Å². The number of rotatable bonds is 8. The van der Waals surface area contributed by atoms with E-state index in [1.54, 1.807) is 44.2 Å². The van der Waals surface area contributed by atoms with E-state index in [0.29, 0.717) is 35.7 Å². The molecule has 2 aromatic rings. The Morgan fingerprint density at radius 1 is 1.06 bits per heavy atom. The first kappa shape index (κ1) is 25.7. The van der Waals surface area contributed by atoms with Gasteiger partial charge in [-0.25, -0.2) is 8.42 Å². The summed E-state index contributed by atoms with van der Waals surface area (Å²) in [6.45, 7) is 6.30. The fourth-order valence-corrected chi connectivity index (χ4v) is 5.27. The van der Waals surface area contributed by atoms with Crippen molar-refractivity contribution >= 4 is 27.5 Å². The highest BCUT2D eigenvalue weighted by molar-refractivity contribution is 7.89. The number of aryl methyl sites for hydroxylation is 1. The number of carbonyl (C=O) groups excluding carboxylic acids is 2. The molecular formula is C24H32N4O5S. The van der Waals surface area contributed by atoms with E-state index in [-0.39, 0.29) is 23.9 Å². The maximum Gasteiger partial charge on any atom is 0.253 e. The summed E-state index contributed by atoms with van der Waals surface area (Å²) in [5.74, 6) is 0.0899. The van der Waals surface area contributed by atoms with Crippen LogP contribution in [0.25, 0.3) is 0 Å². The van der Waals surface area contributed by atoms with Crippen molar-refractivity contribution in [3.63, 3.8) is 0 Å². The normalized spacial score (nSPS) is 14.8. The summed E-state index contributed by atoms with van der Waals surface area (Å²) in [5.41, 5.74) is 1.74. The lowest BCUT2D eigenvalue weighted by atomic mass is 10.1. The molecular weight excluding hydrogens is 456 g/mol. The fourth-order valence-electron chi connectivity index (χ4n) is 3.78. The van der Waals surface area contributed by atoms with Gasteiger partial charge < -0.3 is 19.9 Å². The molecule has 0 spiro atoms. The zero-order chi connectivity index (χ0) is 24.9. The van der Waals surface area contributed by atoms with Gasteiger partial charge in [0.15, 0.2) is 0 Å². The zero-order valence-corrected chi connectivity index (χ0v) is 20.9. The predicted octanol–water partition coefficient (Wildman–Crippen LogP) is 2.04. The summed E-state index contributed by atoms with van der Waals surface area (Å²) in [6, 6.07) is 11.2. The topological polar surface area (TPSA) is 99.3 Å². The zero-order valence-electron chi connectivity index (χ0n) is 20.1. The largest absolute Gasteiger partial charge is 0.496 e. The summed E-state index contributed by atoms with van der Waals surface area (Å²) in [7, 11) is -0.305. The van der Waals surface area contributed by atoms with Crippen LogP contribution < -0.4 is 10.1 Å². The standard InChI is InChI=1S/C24H32N4O5S/c1-5-28(34(31,32)21-10-11-22(33-4)18(2)16-21)17-23(29)25-20-8-6-19(7-9-20)24(30)27-14-12-26(3)13-15-27/h6-11,16H,5,12-15,17H2,1-4H3,(H,25,29). The average Bonchev–Trinajstić information content (AvgIpc) is 2.82. The number of hydrogen-bond acceptors (Lipinski definition) is 6. The van der Waals surface area contributed by atoms with Gasteiger partial charge in [0, 0.05) is 44.0 Å². The first-order chi connectivity index (χ1) is 16.1. The Kier molecular flexibility index (Phi) is 8.29. The Hall–Kier alpha value is -2.95. The molecule has 10 heteroatoms. The van der Waals surface area contributed by atoms with Gasteiger partial charge in [0.05, 0.1) is 18.6 Å². The van der Waals surface area contributed by atoms with E-state index >= 15 is 0 Å². The Morgan fingerprint density at radius 3 is 2.26 bits per heavy atom. The van der Waals surface area contributed by atoms with Gasteiger partial charge >= 0.3 is 0 Å². The molecule has 0 saturated carbocycles. The van der Waals surface area contributed by atoms with Crippen LogP contribution >= 0.6 is 0 Å². The molecule has 9 nitrogen and oxygen atoms in total. The highest BCUT2D eigenvalue weighted by atomic mass is 32.2. The number of ether oxygens (including phenoxy) is 1. The Bertz CT molecular complexity index is 1130. The third-order valence-electron chi connectivity index (χ3n) is 5.88. The molecule has 0 unspecified atom stereocenters. The molecule has 184 valence electrons. The molecule has 1 N–H and O–H groups in total. The number of anilines is 1. The summed E-state index contributed by atoms with van der Waals surface area (Å²) in [4.78, 5) is 29.4. The van der Waals surface area contributed by atoms with E-state index in [1.807, 2.05) is 11.9 Å². The van der Waals surface area contributed by atoms with E-state index < -0.39 is 15.9 Å². The second-order valence-corrected chi connectivity index (χ2v) is 10.2. The van der Waals surface area contributed by atoms with Crippen molar-refractivity contribution in [1.29, 1.82) is 0 Å². The molecule has 1 aliphatic heterocycles. The Morgan fingerprint density at radius 2 is 1.71 bits per heavy atom. The number of likely N-dealkylation sites (N-methyl/N-ethyl adjacent to an activating group) is 2. The number of piperazine rings is 1. The molecule has 2 amide bonds. The maximum absolute atomic E-state index is 13.1. The van der Waals surface area contributed by atoms with Gasteiger partial charge in [0.2, 0.25) is 15.9 Å². The molecule has 2 aromatic carbocycles. The van der Waals surface area contributed by atoms with Crippen molar-refractivity contribution in [2.75, 3.05) is 58.7 Å². The van der Waals surface area contributed by atoms with Crippen LogP contribution in [0, 0.1) is 6.92 Å². The van der Waals surface area contributed by atoms with Gasteiger partial charge in [0.1, 0.15) is 5.75 Å². The van der Waals surface area contributed by atoms with Gasteiger partial charge in [-0.1, -0.05) is 6.92 Å². The average molecular weight is 489 g/mol. The number of nitrogens with one attached hydrogen (secondary N) is 1. The minimum atomic E-state index is -3.86.